The lowest BCUT2D eigenvalue weighted by Crippen LogP contribution is -2.29. The predicted octanol–water partition coefficient (Wildman–Crippen LogP) is 5.49. The minimum absolute atomic E-state index is 0.0241. The summed E-state index contributed by atoms with van der Waals surface area (Å²) in [6.07, 6.45) is 9.63. The molecule has 7 heteroatoms. The van der Waals surface area contributed by atoms with Crippen molar-refractivity contribution >= 4 is 46.3 Å². The number of thioether (sulfide) groups is 1. The molecule has 1 heterocycles. The van der Waals surface area contributed by atoms with Gasteiger partial charge in [-0.15, -0.1) is 0 Å². The van der Waals surface area contributed by atoms with Gasteiger partial charge in [-0.05, 0) is 36.6 Å². The van der Waals surface area contributed by atoms with Crippen LogP contribution in [0.3, 0.4) is 0 Å². The zero-order chi connectivity index (χ0) is 21.1. The number of hydrogen-bond donors (Lipinski definition) is 1. The number of aliphatic carboxylic acids is 1. The first-order chi connectivity index (χ1) is 14.0. The van der Waals surface area contributed by atoms with Crippen LogP contribution < -0.4 is 4.74 Å². The summed E-state index contributed by atoms with van der Waals surface area (Å²) in [6.45, 7) is 3.27. The third-order valence-electron chi connectivity index (χ3n) is 4.59. The fourth-order valence-electron chi connectivity index (χ4n) is 2.97. The number of nitrogens with zero attached hydrogens (tertiary/aromatic N) is 1. The molecule has 158 valence electrons. The Morgan fingerprint density at radius 2 is 1.83 bits per heavy atom. The molecule has 1 aromatic rings. The molecule has 0 aromatic heterocycles. The second kappa shape index (κ2) is 12.6. The minimum atomic E-state index is -0.871. The van der Waals surface area contributed by atoms with E-state index in [2.05, 4.69) is 6.92 Å². The van der Waals surface area contributed by atoms with E-state index >= 15 is 0 Å². The average molecular weight is 436 g/mol. The van der Waals surface area contributed by atoms with Crippen molar-refractivity contribution < 1.29 is 19.4 Å². The van der Waals surface area contributed by atoms with Gasteiger partial charge in [0.2, 0.25) is 0 Å². The quantitative estimate of drug-likeness (QED) is 0.251. The zero-order valence-corrected chi connectivity index (χ0v) is 18.5. The number of benzene rings is 1. The number of carbonyl (C=O) groups excluding carboxylic acids is 1. The number of rotatable bonds is 13. The Morgan fingerprint density at radius 1 is 1.14 bits per heavy atom. The molecule has 5 nitrogen and oxygen atoms in total. The molecule has 1 fully saturated rings. The van der Waals surface area contributed by atoms with E-state index in [0.717, 1.165) is 24.3 Å². The van der Waals surface area contributed by atoms with Crippen molar-refractivity contribution in [2.75, 3.05) is 13.2 Å². The smallest absolute Gasteiger partial charge is 0.303 e. The van der Waals surface area contributed by atoms with Gasteiger partial charge in [0.25, 0.3) is 5.91 Å². The molecular formula is C22H29NO4S2. The lowest BCUT2D eigenvalue weighted by molar-refractivity contribution is -0.137. The highest BCUT2D eigenvalue weighted by Crippen LogP contribution is 2.33. The third kappa shape index (κ3) is 8.19. The third-order valence-corrected chi connectivity index (χ3v) is 5.97. The fraction of sp³-hybridized carbons (Fsp3) is 0.500. The Kier molecular flexibility index (Phi) is 10.2. The summed E-state index contributed by atoms with van der Waals surface area (Å²) in [4.78, 5) is 25.2. The van der Waals surface area contributed by atoms with Crippen LogP contribution >= 0.6 is 24.0 Å². The molecular weight excluding hydrogens is 406 g/mol. The first-order valence-corrected chi connectivity index (χ1v) is 11.4. The number of unbranched alkanes of at least 4 members (excludes halogenated alkanes) is 5. The summed E-state index contributed by atoms with van der Waals surface area (Å²) in [7, 11) is 0. The van der Waals surface area contributed by atoms with E-state index in [-0.39, 0.29) is 12.3 Å². The van der Waals surface area contributed by atoms with Crippen molar-refractivity contribution in [1.82, 2.24) is 4.90 Å². The standard InChI is InChI=1S/C22H29NO4S2/c1-2-3-4-5-6-7-15-27-18-12-10-17(11-13-18)16-19-21(26)23(22(28)29-19)14-8-9-20(24)25/h10-13,16H,2-9,14-15H2,1H3,(H,24,25). The highest BCUT2D eigenvalue weighted by atomic mass is 32.2. The molecule has 1 saturated heterocycles. The summed E-state index contributed by atoms with van der Waals surface area (Å²) < 4.78 is 6.26. The maximum atomic E-state index is 12.5. The van der Waals surface area contributed by atoms with Crippen LogP contribution in [0.1, 0.15) is 63.9 Å². The van der Waals surface area contributed by atoms with Gasteiger partial charge in [-0.2, -0.15) is 0 Å². The molecule has 2 rings (SSSR count). The lowest BCUT2D eigenvalue weighted by Gasteiger charge is -2.13. The normalized spacial score (nSPS) is 15.3. The van der Waals surface area contributed by atoms with Gasteiger partial charge in [-0.1, -0.05) is 75.1 Å². The molecule has 0 radical (unpaired) electrons. The Balaban J connectivity index is 1.80. The molecule has 1 aromatic carbocycles. The van der Waals surface area contributed by atoms with Crippen LogP contribution in [-0.4, -0.2) is 39.4 Å². The van der Waals surface area contributed by atoms with Crippen molar-refractivity contribution in [1.29, 1.82) is 0 Å². The molecule has 0 saturated carbocycles. The Labute approximate surface area is 182 Å². The highest BCUT2D eigenvalue weighted by molar-refractivity contribution is 8.26. The van der Waals surface area contributed by atoms with E-state index in [0.29, 0.717) is 22.2 Å². The topological polar surface area (TPSA) is 66.8 Å². The lowest BCUT2D eigenvalue weighted by atomic mass is 10.1. The van der Waals surface area contributed by atoms with Gasteiger partial charge in [-0.3, -0.25) is 14.5 Å². The maximum absolute atomic E-state index is 12.5. The molecule has 1 aliphatic heterocycles. The van der Waals surface area contributed by atoms with Crippen molar-refractivity contribution in [2.24, 2.45) is 0 Å². The molecule has 1 amide bonds. The van der Waals surface area contributed by atoms with Gasteiger partial charge >= 0.3 is 5.97 Å². The van der Waals surface area contributed by atoms with Crippen LogP contribution in [0.25, 0.3) is 6.08 Å². The van der Waals surface area contributed by atoms with Crippen molar-refractivity contribution in [2.45, 2.75) is 58.3 Å². The SMILES string of the molecule is CCCCCCCCOc1ccc(C=C2SC(=S)N(CCCC(=O)O)C2=O)cc1. The van der Waals surface area contributed by atoms with Gasteiger partial charge in [0.15, 0.2) is 0 Å². The van der Waals surface area contributed by atoms with Gasteiger partial charge in [0.05, 0.1) is 11.5 Å². The summed E-state index contributed by atoms with van der Waals surface area (Å²) in [5, 5.41) is 8.74. The number of thiocarbonyl (C=S) groups is 1. The van der Waals surface area contributed by atoms with E-state index in [1.165, 1.54) is 48.8 Å². The number of amides is 1. The molecule has 0 bridgehead atoms. The van der Waals surface area contributed by atoms with Crippen molar-refractivity contribution in [3.63, 3.8) is 0 Å². The number of carbonyl (C=O) groups is 2. The molecule has 29 heavy (non-hydrogen) atoms. The Hall–Kier alpha value is -1.86. The van der Waals surface area contributed by atoms with Crippen LogP contribution in [0, 0.1) is 0 Å². The fourth-order valence-corrected chi connectivity index (χ4v) is 4.27. The van der Waals surface area contributed by atoms with E-state index < -0.39 is 5.97 Å². The van der Waals surface area contributed by atoms with E-state index in [9.17, 15) is 9.59 Å². The first-order valence-electron chi connectivity index (χ1n) is 10.2. The number of ether oxygens (including phenoxy) is 1. The molecule has 0 spiro atoms. The maximum Gasteiger partial charge on any atom is 0.303 e. The number of hydrogen-bond acceptors (Lipinski definition) is 5. The van der Waals surface area contributed by atoms with E-state index in [4.69, 9.17) is 22.1 Å². The Bertz CT molecular complexity index is 731. The van der Waals surface area contributed by atoms with Crippen molar-refractivity contribution in [3.05, 3.63) is 34.7 Å². The Morgan fingerprint density at radius 3 is 2.52 bits per heavy atom. The van der Waals surface area contributed by atoms with E-state index in [1.54, 1.807) is 0 Å². The number of carboxylic acids is 1. The van der Waals surface area contributed by atoms with Crippen LogP contribution in [0.4, 0.5) is 0 Å². The summed E-state index contributed by atoms with van der Waals surface area (Å²) in [5.74, 6) is -0.199. The summed E-state index contributed by atoms with van der Waals surface area (Å²) in [5.41, 5.74) is 0.906. The van der Waals surface area contributed by atoms with Crippen LogP contribution in [0.2, 0.25) is 0 Å². The van der Waals surface area contributed by atoms with Crippen molar-refractivity contribution in [3.8, 4) is 5.75 Å². The predicted molar refractivity (Wildman–Crippen MR) is 122 cm³/mol. The molecule has 0 atom stereocenters. The summed E-state index contributed by atoms with van der Waals surface area (Å²) >= 11 is 6.52. The summed E-state index contributed by atoms with van der Waals surface area (Å²) in [6, 6.07) is 7.67. The second-order valence-corrected chi connectivity index (χ2v) is 8.69. The zero-order valence-electron chi connectivity index (χ0n) is 16.9. The average Bonchev–Trinajstić information content (AvgIpc) is 2.95. The van der Waals surface area contributed by atoms with Gasteiger partial charge in [0.1, 0.15) is 10.1 Å². The van der Waals surface area contributed by atoms with Crippen LogP contribution in [0.15, 0.2) is 29.2 Å². The van der Waals surface area contributed by atoms with Gasteiger partial charge < -0.3 is 9.84 Å². The van der Waals surface area contributed by atoms with Gasteiger partial charge in [0, 0.05) is 13.0 Å². The molecule has 1 aliphatic rings. The largest absolute Gasteiger partial charge is 0.494 e. The van der Waals surface area contributed by atoms with E-state index in [1.807, 2.05) is 30.3 Å². The van der Waals surface area contributed by atoms with Crippen LogP contribution in [-0.2, 0) is 9.59 Å². The highest BCUT2D eigenvalue weighted by Gasteiger charge is 2.31. The minimum Gasteiger partial charge on any atom is -0.494 e. The van der Waals surface area contributed by atoms with Gasteiger partial charge in [-0.25, -0.2) is 0 Å². The monoisotopic (exact) mass is 435 g/mol. The molecule has 1 N–H and O–H groups in total. The van der Waals surface area contributed by atoms with Crippen LogP contribution in [0.5, 0.6) is 5.75 Å². The first kappa shape index (κ1) is 23.4. The molecule has 0 unspecified atom stereocenters. The second-order valence-electron chi connectivity index (χ2n) is 7.02. The number of carboxylic acid groups (broad SMARTS) is 1. The molecule has 0 aliphatic carbocycles.